The van der Waals surface area contributed by atoms with Crippen LogP contribution in [-0.2, 0) is 4.74 Å². The highest BCUT2D eigenvalue weighted by Gasteiger charge is 2.18. The largest absolute Gasteiger partial charge is 0.491 e. The quantitative estimate of drug-likeness (QED) is 0.908. The van der Waals surface area contributed by atoms with E-state index in [1.807, 2.05) is 24.3 Å². The van der Waals surface area contributed by atoms with Gasteiger partial charge in [0, 0.05) is 18.2 Å². The Morgan fingerprint density at radius 3 is 2.82 bits per heavy atom. The molecule has 1 atom stereocenters. The molecule has 4 nitrogen and oxygen atoms in total. The number of hydrogen-bond donors (Lipinski definition) is 1. The molecule has 1 aliphatic heterocycles. The number of hydrogen-bond acceptors (Lipinski definition) is 3. The van der Waals surface area contributed by atoms with Crippen molar-refractivity contribution in [2.24, 2.45) is 0 Å². The lowest BCUT2D eigenvalue weighted by molar-refractivity contribution is 0.0679. The van der Waals surface area contributed by atoms with Crippen LogP contribution in [0.3, 0.4) is 0 Å². The minimum atomic E-state index is 0.00877. The molecule has 22 heavy (non-hydrogen) atoms. The first kappa shape index (κ1) is 15.3. The molecule has 4 heteroatoms. The number of rotatable bonds is 5. The van der Waals surface area contributed by atoms with Gasteiger partial charge in [0.2, 0.25) is 0 Å². The van der Waals surface area contributed by atoms with Crippen molar-refractivity contribution in [3.63, 3.8) is 0 Å². The molecular formula is C18H25NO3. The van der Waals surface area contributed by atoms with Crippen LogP contribution < -0.4 is 10.1 Å². The van der Waals surface area contributed by atoms with E-state index < -0.39 is 0 Å². The van der Waals surface area contributed by atoms with E-state index in [1.165, 1.54) is 19.3 Å². The molecule has 1 saturated carbocycles. The Bertz CT molecular complexity index is 491. The Balaban J connectivity index is 1.53. The maximum absolute atomic E-state index is 12.3. The van der Waals surface area contributed by atoms with E-state index in [0.717, 1.165) is 38.0 Å². The summed E-state index contributed by atoms with van der Waals surface area (Å²) < 4.78 is 11.3. The number of amides is 1. The van der Waals surface area contributed by atoms with Crippen LogP contribution in [0.2, 0.25) is 0 Å². The minimum absolute atomic E-state index is 0.00877. The van der Waals surface area contributed by atoms with Crippen molar-refractivity contribution in [3.05, 3.63) is 29.8 Å². The Morgan fingerprint density at radius 2 is 2.05 bits per heavy atom. The maximum Gasteiger partial charge on any atom is 0.251 e. The van der Waals surface area contributed by atoms with E-state index in [9.17, 15) is 4.79 Å². The van der Waals surface area contributed by atoms with Gasteiger partial charge >= 0.3 is 0 Å². The molecule has 0 bridgehead atoms. The topological polar surface area (TPSA) is 47.6 Å². The van der Waals surface area contributed by atoms with Crippen LogP contribution >= 0.6 is 0 Å². The van der Waals surface area contributed by atoms with Gasteiger partial charge in [0.15, 0.2) is 0 Å². The average Bonchev–Trinajstić information content (AvgIpc) is 3.08. The van der Waals surface area contributed by atoms with Crippen molar-refractivity contribution in [2.45, 2.75) is 57.1 Å². The second-order valence-corrected chi connectivity index (χ2v) is 6.28. The molecule has 2 aliphatic rings. The van der Waals surface area contributed by atoms with Crippen LogP contribution in [0.5, 0.6) is 5.75 Å². The zero-order valence-electron chi connectivity index (χ0n) is 13.1. The summed E-state index contributed by atoms with van der Waals surface area (Å²) in [6, 6.07) is 7.77. The average molecular weight is 303 g/mol. The van der Waals surface area contributed by atoms with Crippen molar-refractivity contribution < 1.29 is 14.3 Å². The summed E-state index contributed by atoms with van der Waals surface area (Å²) >= 11 is 0. The summed E-state index contributed by atoms with van der Waals surface area (Å²) in [5, 5.41) is 3.14. The number of ether oxygens (including phenoxy) is 2. The van der Waals surface area contributed by atoms with Crippen molar-refractivity contribution in [1.82, 2.24) is 5.32 Å². The molecule has 1 saturated heterocycles. The van der Waals surface area contributed by atoms with Crippen LogP contribution in [0.1, 0.15) is 55.3 Å². The molecule has 0 radical (unpaired) electrons. The first-order valence-electron chi connectivity index (χ1n) is 8.46. The van der Waals surface area contributed by atoms with Gasteiger partial charge in [-0.1, -0.05) is 25.3 Å². The fourth-order valence-corrected chi connectivity index (χ4v) is 3.21. The van der Waals surface area contributed by atoms with Crippen LogP contribution in [-0.4, -0.2) is 31.3 Å². The van der Waals surface area contributed by atoms with Gasteiger partial charge in [-0.2, -0.15) is 0 Å². The van der Waals surface area contributed by atoms with Crippen LogP contribution in [0, 0.1) is 0 Å². The molecule has 1 N–H and O–H groups in total. The Kier molecular flexibility index (Phi) is 5.33. The summed E-state index contributed by atoms with van der Waals surface area (Å²) in [7, 11) is 0. The van der Waals surface area contributed by atoms with Gasteiger partial charge in [0.25, 0.3) is 5.91 Å². The Hall–Kier alpha value is -1.55. The van der Waals surface area contributed by atoms with Gasteiger partial charge in [-0.15, -0.1) is 0 Å². The molecule has 1 aromatic carbocycles. The van der Waals surface area contributed by atoms with Gasteiger partial charge in [-0.25, -0.2) is 0 Å². The summed E-state index contributed by atoms with van der Waals surface area (Å²) in [4.78, 5) is 12.3. The predicted molar refractivity (Wildman–Crippen MR) is 85.3 cm³/mol. The van der Waals surface area contributed by atoms with E-state index in [0.29, 0.717) is 18.2 Å². The van der Waals surface area contributed by atoms with Crippen molar-refractivity contribution >= 4 is 5.91 Å². The molecule has 1 amide bonds. The van der Waals surface area contributed by atoms with Crippen LogP contribution in [0.25, 0.3) is 0 Å². The lowest BCUT2D eigenvalue weighted by Crippen LogP contribution is -2.36. The molecule has 3 rings (SSSR count). The van der Waals surface area contributed by atoms with Gasteiger partial charge in [0.1, 0.15) is 12.4 Å². The van der Waals surface area contributed by atoms with Gasteiger partial charge in [0.05, 0.1) is 6.10 Å². The zero-order valence-corrected chi connectivity index (χ0v) is 13.1. The molecule has 1 aromatic rings. The molecular weight excluding hydrogens is 278 g/mol. The smallest absolute Gasteiger partial charge is 0.251 e. The monoisotopic (exact) mass is 303 g/mol. The second kappa shape index (κ2) is 7.63. The second-order valence-electron chi connectivity index (χ2n) is 6.28. The van der Waals surface area contributed by atoms with Crippen molar-refractivity contribution in [3.8, 4) is 5.75 Å². The van der Waals surface area contributed by atoms with Crippen molar-refractivity contribution in [2.75, 3.05) is 13.2 Å². The summed E-state index contributed by atoms with van der Waals surface area (Å²) in [6.07, 6.45) is 8.28. The van der Waals surface area contributed by atoms with Gasteiger partial charge in [-0.05, 0) is 43.9 Å². The van der Waals surface area contributed by atoms with Gasteiger partial charge in [-0.3, -0.25) is 4.79 Å². The molecule has 120 valence electrons. The molecule has 2 fully saturated rings. The zero-order chi connectivity index (χ0) is 15.2. The summed E-state index contributed by atoms with van der Waals surface area (Å²) in [5.74, 6) is 0.751. The first-order valence-corrected chi connectivity index (χ1v) is 8.46. The Morgan fingerprint density at radius 1 is 1.18 bits per heavy atom. The van der Waals surface area contributed by atoms with Gasteiger partial charge < -0.3 is 14.8 Å². The standard InChI is InChI=1S/C18H25NO3/c20-18(19-15-7-2-1-3-8-15)14-6-4-9-16(12-14)22-13-17-10-5-11-21-17/h4,6,9,12,15,17H,1-3,5,7-8,10-11,13H2,(H,19,20)/t17-/m1/s1. The molecule has 1 aliphatic carbocycles. The van der Waals surface area contributed by atoms with Crippen molar-refractivity contribution in [1.29, 1.82) is 0 Å². The third-order valence-corrected chi connectivity index (χ3v) is 4.50. The third kappa shape index (κ3) is 4.23. The van der Waals surface area contributed by atoms with E-state index in [-0.39, 0.29) is 12.0 Å². The highest BCUT2D eigenvalue weighted by molar-refractivity contribution is 5.94. The highest BCUT2D eigenvalue weighted by Crippen LogP contribution is 2.20. The third-order valence-electron chi connectivity index (χ3n) is 4.50. The fourth-order valence-electron chi connectivity index (χ4n) is 3.21. The van der Waals surface area contributed by atoms with E-state index in [2.05, 4.69) is 5.32 Å². The number of carbonyl (C=O) groups excluding carboxylic acids is 1. The molecule has 0 spiro atoms. The fraction of sp³-hybridized carbons (Fsp3) is 0.611. The van der Waals surface area contributed by atoms with Crippen LogP contribution in [0.15, 0.2) is 24.3 Å². The molecule has 0 aromatic heterocycles. The minimum Gasteiger partial charge on any atom is -0.491 e. The van der Waals surface area contributed by atoms with E-state index in [1.54, 1.807) is 0 Å². The maximum atomic E-state index is 12.3. The normalized spacial score (nSPS) is 22.5. The molecule has 0 unspecified atom stereocenters. The lowest BCUT2D eigenvalue weighted by atomic mass is 9.95. The summed E-state index contributed by atoms with van der Waals surface area (Å²) in [5.41, 5.74) is 0.676. The predicted octanol–water partition coefficient (Wildman–Crippen LogP) is 3.31. The van der Waals surface area contributed by atoms with E-state index >= 15 is 0 Å². The van der Waals surface area contributed by atoms with Crippen LogP contribution in [0.4, 0.5) is 0 Å². The number of nitrogens with one attached hydrogen (secondary N) is 1. The SMILES string of the molecule is O=C(NC1CCCCC1)c1cccc(OC[C@H]2CCCO2)c1. The molecule has 1 heterocycles. The lowest BCUT2D eigenvalue weighted by Gasteiger charge is -2.22. The first-order chi connectivity index (χ1) is 10.8. The number of benzene rings is 1. The number of carbonyl (C=O) groups is 1. The Labute approximate surface area is 132 Å². The highest BCUT2D eigenvalue weighted by atomic mass is 16.5. The van der Waals surface area contributed by atoms with E-state index in [4.69, 9.17) is 9.47 Å². The summed E-state index contributed by atoms with van der Waals surface area (Å²) in [6.45, 7) is 1.39.